The minimum atomic E-state index is -4.44. The summed E-state index contributed by atoms with van der Waals surface area (Å²) in [5, 5.41) is 4.35. The number of rotatable bonds is 5. The van der Waals surface area contributed by atoms with Gasteiger partial charge in [-0.05, 0) is 24.6 Å². The van der Waals surface area contributed by atoms with Crippen LogP contribution in [-0.4, -0.2) is 29.4 Å². The zero-order valence-corrected chi connectivity index (χ0v) is 17.3. The molecule has 2 aromatic rings. The van der Waals surface area contributed by atoms with Crippen molar-refractivity contribution in [3.63, 3.8) is 0 Å². The largest absolute Gasteiger partial charge is 0.434 e. The molecule has 1 aromatic heterocycles. The summed E-state index contributed by atoms with van der Waals surface area (Å²) in [5.74, 6) is 0.229. The molecule has 0 amide bonds. The summed E-state index contributed by atoms with van der Waals surface area (Å²) in [4.78, 5) is 9.71. The first kappa shape index (κ1) is 22.6. The molecule has 0 atom stereocenters. The zero-order valence-electron chi connectivity index (χ0n) is 14.2. The number of aliphatic imine (C=N–C) groups is 1. The summed E-state index contributed by atoms with van der Waals surface area (Å²) < 4.78 is 50.7. The van der Waals surface area contributed by atoms with Crippen molar-refractivity contribution < 1.29 is 17.6 Å². The normalized spacial score (nSPS) is 11.8. The number of hydrogen-bond acceptors (Lipinski definition) is 3. The van der Waals surface area contributed by atoms with E-state index in [4.69, 9.17) is 0 Å². The van der Waals surface area contributed by atoms with Gasteiger partial charge in [-0.1, -0.05) is 12.1 Å². The molecular formula is C16H19F4IN4S. The third-order valence-corrected chi connectivity index (χ3v) is 4.07. The van der Waals surface area contributed by atoms with Crippen molar-refractivity contribution in [1.29, 1.82) is 0 Å². The summed E-state index contributed by atoms with van der Waals surface area (Å²) >= 11 is 0.928. The van der Waals surface area contributed by atoms with Gasteiger partial charge in [0, 0.05) is 25.5 Å². The first-order valence-electron chi connectivity index (χ1n) is 7.55. The van der Waals surface area contributed by atoms with E-state index in [1.807, 2.05) is 11.8 Å². The van der Waals surface area contributed by atoms with Crippen LogP contribution < -0.4 is 5.32 Å². The van der Waals surface area contributed by atoms with Crippen LogP contribution in [0.2, 0.25) is 0 Å². The van der Waals surface area contributed by atoms with Crippen molar-refractivity contribution in [3.8, 4) is 0 Å². The molecule has 10 heteroatoms. The van der Waals surface area contributed by atoms with Crippen LogP contribution in [0.5, 0.6) is 0 Å². The van der Waals surface area contributed by atoms with Gasteiger partial charge in [-0.15, -0.1) is 35.3 Å². The molecule has 1 aromatic carbocycles. The van der Waals surface area contributed by atoms with E-state index in [1.54, 1.807) is 19.2 Å². The topological polar surface area (TPSA) is 40.5 Å². The van der Waals surface area contributed by atoms with E-state index in [9.17, 15) is 17.6 Å². The number of halogens is 5. The van der Waals surface area contributed by atoms with E-state index < -0.39 is 11.9 Å². The fourth-order valence-electron chi connectivity index (χ4n) is 2.06. The molecule has 0 aliphatic rings. The highest BCUT2D eigenvalue weighted by atomic mass is 127. The molecule has 0 bridgehead atoms. The van der Waals surface area contributed by atoms with E-state index in [0.29, 0.717) is 19.0 Å². The monoisotopic (exact) mass is 502 g/mol. The van der Waals surface area contributed by atoms with Gasteiger partial charge >= 0.3 is 6.18 Å². The second-order valence-corrected chi connectivity index (χ2v) is 6.22. The lowest BCUT2D eigenvalue weighted by Crippen LogP contribution is -2.38. The first-order chi connectivity index (χ1) is 11.8. The van der Waals surface area contributed by atoms with E-state index >= 15 is 0 Å². The molecule has 0 unspecified atom stereocenters. The third kappa shape index (κ3) is 6.71. The molecule has 26 heavy (non-hydrogen) atoms. The number of aromatic nitrogens is 1. The predicted molar refractivity (Wildman–Crippen MR) is 105 cm³/mol. The molecular weight excluding hydrogens is 483 g/mol. The Kier molecular flexibility index (Phi) is 8.74. The number of benzene rings is 1. The Hall–Kier alpha value is -1.43. The molecule has 144 valence electrons. The molecule has 0 saturated carbocycles. The van der Waals surface area contributed by atoms with Gasteiger partial charge in [0.05, 0.1) is 6.54 Å². The predicted octanol–water partition coefficient (Wildman–Crippen LogP) is 4.52. The lowest BCUT2D eigenvalue weighted by atomic mass is 10.2. The number of alkyl halides is 3. The van der Waals surface area contributed by atoms with Crippen LogP contribution in [0.3, 0.4) is 0 Å². The Morgan fingerprint density at radius 1 is 1.27 bits per heavy atom. The number of hydrogen-bond donors (Lipinski definition) is 1. The highest BCUT2D eigenvalue weighted by Gasteiger charge is 2.33. The Balaban J connectivity index is 0.00000338. The summed E-state index contributed by atoms with van der Waals surface area (Å²) in [7, 11) is 1.80. The average Bonchev–Trinajstić information content (AvgIpc) is 3.02. The Bertz CT molecular complexity index is 716. The van der Waals surface area contributed by atoms with Crippen molar-refractivity contribution >= 4 is 41.3 Å². The van der Waals surface area contributed by atoms with E-state index in [1.165, 1.54) is 12.1 Å². The average molecular weight is 502 g/mol. The lowest BCUT2D eigenvalue weighted by molar-refractivity contribution is -0.140. The summed E-state index contributed by atoms with van der Waals surface area (Å²) in [6, 6.07) is 6.10. The molecule has 1 heterocycles. The number of nitrogens with zero attached hydrogens (tertiary/aromatic N) is 3. The SMILES string of the molecule is CCNC(=NCc1nc(C(F)(F)F)cs1)N(C)Cc1ccc(F)cc1.I. The van der Waals surface area contributed by atoms with Crippen molar-refractivity contribution in [2.75, 3.05) is 13.6 Å². The van der Waals surface area contributed by atoms with Crippen LogP contribution in [-0.2, 0) is 19.3 Å². The highest BCUT2D eigenvalue weighted by Crippen LogP contribution is 2.30. The maximum absolute atomic E-state index is 13.0. The smallest absolute Gasteiger partial charge is 0.357 e. The van der Waals surface area contributed by atoms with Crippen LogP contribution in [0.15, 0.2) is 34.6 Å². The minimum Gasteiger partial charge on any atom is -0.357 e. The van der Waals surface area contributed by atoms with Crippen LogP contribution >= 0.6 is 35.3 Å². The van der Waals surface area contributed by atoms with Crippen molar-refractivity contribution in [3.05, 3.63) is 51.7 Å². The van der Waals surface area contributed by atoms with Crippen LogP contribution in [0, 0.1) is 5.82 Å². The molecule has 0 fully saturated rings. The summed E-state index contributed by atoms with van der Waals surface area (Å²) in [6.45, 7) is 3.04. The molecule has 0 aliphatic carbocycles. The van der Waals surface area contributed by atoms with Gasteiger partial charge in [-0.2, -0.15) is 13.2 Å². The van der Waals surface area contributed by atoms with Gasteiger partial charge in [-0.3, -0.25) is 0 Å². The van der Waals surface area contributed by atoms with Crippen molar-refractivity contribution in [2.24, 2.45) is 4.99 Å². The molecule has 0 aliphatic heterocycles. The first-order valence-corrected chi connectivity index (χ1v) is 8.43. The second-order valence-electron chi connectivity index (χ2n) is 5.28. The van der Waals surface area contributed by atoms with Gasteiger partial charge in [0.25, 0.3) is 0 Å². The van der Waals surface area contributed by atoms with Crippen LogP contribution in [0.4, 0.5) is 17.6 Å². The van der Waals surface area contributed by atoms with Crippen molar-refractivity contribution in [2.45, 2.75) is 26.2 Å². The van der Waals surface area contributed by atoms with Crippen LogP contribution in [0.25, 0.3) is 0 Å². The maximum atomic E-state index is 13.0. The fourth-order valence-corrected chi connectivity index (χ4v) is 2.79. The lowest BCUT2D eigenvalue weighted by Gasteiger charge is -2.22. The molecule has 2 rings (SSSR count). The Labute approximate surface area is 170 Å². The number of nitrogens with one attached hydrogen (secondary N) is 1. The van der Waals surface area contributed by atoms with Gasteiger partial charge < -0.3 is 10.2 Å². The maximum Gasteiger partial charge on any atom is 0.434 e. The number of guanidine groups is 1. The van der Waals surface area contributed by atoms with Gasteiger partial charge in [0.2, 0.25) is 0 Å². The zero-order chi connectivity index (χ0) is 18.4. The Morgan fingerprint density at radius 3 is 2.46 bits per heavy atom. The molecule has 1 N–H and O–H groups in total. The van der Waals surface area contributed by atoms with Gasteiger partial charge in [-0.25, -0.2) is 14.4 Å². The molecule has 0 radical (unpaired) electrons. The van der Waals surface area contributed by atoms with Gasteiger partial charge in [0.15, 0.2) is 11.7 Å². The summed E-state index contributed by atoms with van der Waals surface area (Å²) in [6.07, 6.45) is -4.44. The van der Waals surface area contributed by atoms with Crippen molar-refractivity contribution in [1.82, 2.24) is 15.2 Å². The van der Waals surface area contributed by atoms with Gasteiger partial charge in [0.1, 0.15) is 10.8 Å². The molecule has 0 saturated heterocycles. The second kappa shape index (κ2) is 10.0. The van der Waals surface area contributed by atoms with Crippen LogP contribution in [0.1, 0.15) is 23.2 Å². The minimum absolute atomic E-state index is 0. The summed E-state index contributed by atoms with van der Waals surface area (Å²) in [5.41, 5.74) is -0.00419. The van der Waals surface area contributed by atoms with E-state index in [2.05, 4.69) is 15.3 Å². The third-order valence-electron chi connectivity index (χ3n) is 3.24. The number of thiazole rings is 1. The fraction of sp³-hybridized carbons (Fsp3) is 0.375. The molecule has 0 spiro atoms. The Morgan fingerprint density at radius 2 is 1.92 bits per heavy atom. The standard InChI is InChI=1S/C16H18F4N4S.HI/c1-3-21-15(24(2)9-11-4-6-12(17)7-5-11)22-8-14-23-13(10-25-14)16(18,19)20;/h4-7,10H,3,8-9H2,1-2H3,(H,21,22);1H. The highest BCUT2D eigenvalue weighted by molar-refractivity contribution is 14.0. The molecule has 4 nitrogen and oxygen atoms in total. The van der Waals surface area contributed by atoms with E-state index in [0.717, 1.165) is 22.3 Å². The quantitative estimate of drug-likeness (QED) is 0.283. The van der Waals surface area contributed by atoms with E-state index in [-0.39, 0.29) is 41.3 Å².